The maximum atomic E-state index is 13.6. The second-order valence-electron chi connectivity index (χ2n) is 10.9. The fourth-order valence-electron chi connectivity index (χ4n) is 4.87. The van der Waals surface area contributed by atoms with Crippen LogP contribution in [0.15, 0.2) is 66.2 Å². The smallest absolute Gasteiger partial charge is 0.300 e. The molecule has 1 saturated heterocycles. The zero-order valence-electron chi connectivity index (χ0n) is 23.9. The fraction of sp³-hybridized carbons (Fsp3) is 0.312. The lowest BCUT2D eigenvalue weighted by atomic mass is 9.84. The number of benzene rings is 3. The molecule has 1 atom stereocenters. The molecule has 1 heterocycles. The highest BCUT2D eigenvalue weighted by Crippen LogP contribution is 2.44. The third-order valence-corrected chi connectivity index (χ3v) is 7.24. The predicted octanol–water partition coefficient (Wildman–Crippen LogP) is 6.74. The summed E-state index contributed by atoms with van der Waals surface area (Å²) < 4.78 is 11.1. The molecule has 1 fully saturated rings. The van der Waals surface area contributed by atoms with Gasteiger partial charge in [-0.25, -0.2) is 0 Å². The molecule has 0 bridgehead atoms. The van der Waals surface area contributed by atoms with Gasteiger partial charge < -0.3 is 19.5 Å². The number of carbonyl (C=O) groups excluding carboxylic acids is 2. The van der Waals surface area contributed by atoms with Crippen molar-refractivity contribution in [3.63, 3.8) is 0 Å². The standard InChI is InChI=1S/C32H35ClN2O5/c1-8-40-25-15-11-20(17-23(25)32(2,3)4)29(36)27-28(19-9-12-21(13-10-19)34(5)6)35(31(38)30(27)37)22-14-16-26(39-7)24(33)18-22/h9-18,28,36H,8H2,1-7H3/b29-27-. The van der Waals surface area contributed by atoms with Crippen LogP contribution in [0.4, 0.5) is 11.4 Å². The number of nitrogens with zero attached hydrogens (tertiary/aromatic N) is 2. The van der Waals surface area contributed by atoms with Crippen molar-refractivity contribution in [3.8, 4) is 11.5 Å². The number of methoxy groups -OCH3 is 1. The molecule has 0 spiro atoms. The molecule has 0 aliphatic carbocycles. The first kappa shape index (κ1) is 29.0. The summed E-state index contributed by atoms with van der Waals surface area (Å²) in [7, 11) is 5.36. The average molecular weight is 563 g/mol. The van der Waals surface area contributed by atoms with Crippen LogP contribution in [0, 0.1) is 0 Å². The van der Waals surface area contributed by atoms with Crippen LogP contribution in [0.1, 0.15) is 50.4 Å². The van der Waals surface area contributed by atoms with Crippen LogP contribution in [0.2, 0.25) is 5.02 Å². The molecule has 0 radical (unpaired) electrons. The van der Waals surface area contributed by atoms with Gasteiger partial charge in [0.25, 0.3) is 11.7 Å². The van der Waals surface area contributed by atoms with Crippen molar-refractivity contribution in [3.05, 3.63) is 87.9 Å². The summed E-state index contributed by atoms with van der Waals surface area (Å²) in [6.07, 6.45) is 0. The molecule has 4 rings (SSSR count). The molecule has 210 valence electrons. The third kappa shape index (κ3) is 5.39. The molecule has 0 aromatic heterocycles. The van der Waals surface area contributed by atoms with Crippen molar-refractivity contribution in [2.75, 3.05) is 37.6 Å². The maximum absolute atomic E-state index is 13.6. The van der Waals surface area contributed by atoms with E-state index in [0.717, 1.165) is 11.3 Å². The number of Topliss-reactive ketones (excluding diaryl/α,β-unsaturated/α-hetero) is 1. The second-order valence-corrected chi connectivity index (χ2v) is 11.3. The fourth-order valence-corrected chi connectivity index (χ4v) is 5.13. The van der Waals surface area contributed by atoms with Crippen LogP contribution in [0.3, 0.4) is 0 Å². The number of ketones is 1. The molecular weight excluding hydrogens is 528 g/mol. The van der Waals surface area contributed by atoms with Crippen molar-refractivity contribution in [1.29, 1.82) is 0 Å². The van der Waals surface area contributed by atoms with Crippen molar-refractivity contribution >= 4 is 40.4 Å². The number of carbonyl (C=O) groups is 2. The van der Waals surface area contributed by atoms with E-state index < -0.39 is 17.7 Å². The number of aliphatic hydroxyl groups excluding tert-OH is 1. The van der Waals surface area contributed by atoms with Crippen LogP contribution in [0.5, 0.6) is 11.5 Å². The number of hydrogen-bond donors (Lipinski definition) is 1. The minimum Gasteiger partial charge on any atom is -0.507 e. The first-order valence-electron chi connectivity index (χ1n) is 13.1. The molecule has 1 aliphatic heterocycles. The third-order valence-electron chi connectivity index (χ3n) is 6.94. The SMILES string of the molecule is CCOc1ccc(/C(O)=C2/C(=O)C(=O)N(c3ccc(OC)c(Cl)c3)C2c2ccc(N(C)C)cc2)cc1C(C)(C)C. The largest absolute Gasteiger partial charge is 0.507 e. The molecular formula is C32H35ClN2O5. The van der Waals surface area contributed by atoms with Crippen molar-refractivity contribution in [2.24, 2.45) is 0 Å². The van der Waals surface area contributed by atoms with Gasteiger partial charge >= 0.3 is 0 Å². The normalized spacial score (nSPS) is 16.8. The summed E-state index contributed by atoms with van der Waals surface area (Å²) in [5, 5.41) is 12.0. The van der Waals surface area contributed by atoms with E-state index in [9.17, 15) is 14.7 Å². The number of ether oxygens (including phenoxy) is 2. The summed E-state index contributed by atoms with van der Waals surface area (Å²) in [4.78, 5) is 30.5. The number of hydrogen-bond acceptors (Lipinski definition) is 6. The molecule has 7 nitrogen and oxygen atoms in total. The first-order chi connectivity index (χ1) is 18.9. The highest BCUT2D eigenvalue weighted by atomic mass is 35.5. The highest BCUT2D eigenvalue weighted by molar-refractivity contribution is 6.51. The topological polar surface area (TPSA) is 79.3 Å². The zero-order valence-corrected chi connectivity index (χ0v) is 24.7. The second kappa shape index (κ2) is 11.3. The Kier molecular flexibility index (Phi) is 8.17. The van der Waals surface area contributed by atoms with E-state index in [1.807, 2.05) is 77.0 Å². The van der Waals surface area contributed by atoms with Gasteiger partial charge in [0.05, 0.1) is 30.4 Å². The van der Waals surface area contributed by atoms with Crippen LogP contribution >= 0.6 is 11.6 Å². The summed E-state index contributed by atoms with van der Waals surface area (Å²) in [5.74, 6) is -0.645. The zero-order chi connectivity index (χ0) is 29.4. The Morgan fingerprint density at radius 1 is 1.00 bits per heavy atom. The van der Waals surface area contributed by atoms with Gasteiger partial charge in [-0.2, -0.15) is 0 Å². The van der Waals surface area contributed by atoms with Gasteiger partial charge in [0.2, 0.25) is 0 Å². The van der Waals surface area contributed by atoms with Gasteiger partial charge in [-0.1, -0.05) is 44.5 Å². The molecule has 1 amide bonds. The summed E-state index contributed by atoms with van der Waals surface area (Å²) >= 11 is 6.41. The lowest BCUT2D eigenvalue weighted by Crippen LogP contribution is -2.29. The summed E-state index contributed by atoms with van der Waals surface area (Å²) in [6, 6.07) is 16.9. The van der Waals surface area contributed by atoms with E-state index in [1.54, 1.807) is 30.3 Å². The van der Waals surface area contributed by atoms with Gasteiger partial charge in [0, 0.05) is 36.6 Å². The molecule has 8 heteroatoms. The van der Waals surface area contributed by atoms with E-state index in [4.69, 9.17) is 21.1 Å². The Hall–Kier alpha value is -3.97. The average Bonchev–Trinajstić information content (AvgIpc) is 3.18. The van der Waals surface area contributed by atoms with Gasteiger partial charge in [0.15, 0.2) is 0 Å². The molecule has 40 heavy (non-hydrogen) atoms. The van der Waals surface area contributed by atoms with E-state index in [1.165, 1.54) is 12.0 Å². The molecule has 1 unspecified atom stereocenters. The number of aliphatic hydroxyl groups is 1. The van der Waals surface area contributed by atoms with Crippen molar-refractivity contribution in [1.82, 2.24) is 0 Å². The Labute approximate surface area is 240 Å². The van der Waals surface area contributed by atoms with Crippen LogP contribution in [-0.2, 0) is 15.0 Å². The van der Waals surface area contributed by atoms with E-state index in [2.05, 4.69) is 0 Å². The Morgan fingerprint density at radius 3 is 2.20 bits per heavy atom. The van der Waals surface area contributed by atoms with E-state index >= 15 is 0 Å². The van der Waals surface area contributed by atoms with Crippen LogP contribution < -0.4 is 19.3 Å². The molecule has 3 aromatic rings. The van der Waals surface area contributed by atoms with Crippen molar-refractivity contribution in [2.45, 2.75) is 39.2 Å². The van der Waals surface area contributed by atoms with Gasteiger partial charge in [-0.15, -0.1) is 0 Å². The summed E-state index contributed by atoms with van der Waals surface area (Å²) in [5.41, 5.74) is 3.04. The minimum absolute atomic E-state index is 0.00133. The lowest BCUT2D eigenvalue weighted by Gasteiger charge is -2.27. The molecule has 1 aliphatic rings. The van der Waals surface area contributed by atoms with Crippen LogP contribution in [0.25, 0.3) is 5.76 Å². The highest BCUT2D eigenvalue weighted by Gasteiger charge is 2.47. The molecule has 0 saturated carbocycles. The Bertz CT molecular complexity index is 1470. The monoisotopic (exact) mass is 562 g/mol. The number of rotatable bonds is 7. The lowest BCUT2D eigenvalue weighted by molar-refractivity contribution is -0.132. The maximum Gasteiger partial charge on any atom is 0.300 e. The summed E-state index contributed by atoms with van der Waals surface area (Å²) in [6.45, 7) is 8.55. The number of amides is 1. The Balaban J connectivity index is 1.95. The molecule has 3 aromatic carbocycles. The van der Waals surface area contributed by atoms with Crippen LogP contribution in [-0.4, -0.2) is 44.6 Å². The van der Waals surface area contributed by atoms with Gasteiger partial charge in [-0.3, -0.25) is 14.5 Å². The van der Waals surface area contributed by atoms with E-state index in [0.29, 0.717) is 39.9 Å². The van der Waals surface area contributed by atoms with Crippen molar-refractivity contribution < 1.29 is 24.2 Å². The predicted molar refractivity (Wildman–Crippen MR) is 160 cm³/mol. The van der Waals surface area contributed by atoms with Gasteiger partial charge in [-0.05, 0) is 66.4 Å². The quantitative estimate of drug-likeness (QED) is 0.195. The minimum atomic E-state index is -0.884. The number of halogens is 1. The van der Waals surface area contributed by atoms with Gasteiger partial charge in [0.1, 0.15) is 17.3 Å². The van der Waals surface area contributed by atoms with E-state index in [-0.39, 0.29) is 16.7 Å². The molecule has 1 N–H and O–H groups in total. The first-order valence-corrected chi connectivity index (χ1v) is 13.5. The number of anilines is 2. The Morgan fingerprint density at radius 2 is 1.65 bits per heavy atom.